The largest absolute Gasteiger partial charge is 0.399 e. The highest BCUT2D eigenvalue weighted by atomic mass is 16.5. The molecule has 2 amide bonds. The summed E-state index contributed by atoms with van der Waals surface area (Å²) < 4.78 is 5.35. The Labute approximate surface area is 106 Å². The van der Waals surface area contributed by atoms with E-state index in [0.717, 1.165) is 0 Å². The fourth-order valence-corrected chi connectivity index (χ4v) is 1.89. The molecule has 1 heterocycles. The van der Waals surface area contributed by atoms with Gasteiger partial charge >= 0.3 is 0 Å². The van der Waals surface area contributed by atoms with Crippen molar-refractivity contribution in [3.05, 3.63) is 29.3 Å². The number of anilines is 1. The number of hydrogen-bond donors (Lipinski definition) is 1. The van der Waals surface area contributed by atoms with Crippen molar-refractivity contribution in [1.29, 1.82) is 0 Å². The fourth-order valence-electron chi connectivity index (χ4n) is 1.89. The molecule has 0 atom stereocenters. The lowest BCUT2D eigenvalue weighted by Crippen LogP contribution is -2.33. The molecule has 1 aromatic carbocycles. The van der Waals surface area contributed by atoms with E-state index in [2.05, 4.69) is 0 Å². The highest BCUT2D eigenvalue weighted by molar-refractivity contribution is 6.21. The maximum Gasteiger partial charge on any atom is 0.261 e. The van der Waals surface area contributed by atoms with Gasteiger partial charge in [0.25, 0.3) is 11.8 Å². The van der Waals surface area contributed by atoms with Gasteiger partial charge in [-0.1, -0.05) is 0 Å². The van der Waals surface area contributed by atoms with Crippen molar-refractivity contribution < 1.29 is 14.3 Å². The molecule has 0 aromatic heterocycles. The second kappa shape index (κ2) is 4.78. The average molecular weight is 248 g/mol. The predicted octanol–water partition coefficient (Wildman–Crippen LogP) is 1.29. The third-order valence-corrected chi connectivity index (χ3v) is 2.76. The molecule has 0 saturated heterocycles. The molecule has 1 aliphatic rings. The minimum absolute atomic E-state index is 0.0795. The van der Waals surface area contributed by atoms with Crippen molar-refractivity contribution in [3.63, 3.8) is 0 Å². The Morgan fingerprint density at radius 2 is 1.89 bits per heavy atom. The van der Waals surface area contributed by atoms with Gasteiger partial charge in [-0.15, -0.1) is 0 Å². The third-order valence-electron chi connectivity index (χ3n) is 2.76. The van der Waals surface area contributed by atoms with Crippen LogP contribution in [0.1, 0.15) is 34.6 Å². The van der Waals surface area contributed by atoms with Crippen molar-refractivity contribution in [2.45, 2.75) is 20.0 Å². The molecule has 0 aliphatic carbocycles. The molecular weight excluding hydrogens is 232 g/mol. The molecule has 5 nitrogen and oxygen atoms in total. The topological polar surface area (TPSA) is 72.6 Å². The van der Waals surface area contributed by atoms with Crippen LogP contribution in [0.15, 0.2) is 18.2 Å². The summed E-state index contributed by atoms with van der Waals surface area (Å²) in [4.78, 5) is 25.2. The smallest absolute Gasteiger partial charge is 0.261 e. The number of nitrogens with two attached hydrogens (primary N) is 1. The van der Waals surface area contributed by atoms with Crippen LogP contribution in [0.5, 0.6) is 0 Å². The fraction of sp³-hybridized carbons (Fsp3) is 0.385. The van der Waals surface area contributed by atoms with Crippen LogP contribution in [0.4, 0.5) is 5.69 Å². The minimum Gasteiger partial charge on any atom is -0.399 e. The van der Waals surface area contributed by atoms with Gasteiger partial charge in [0.05, 0.1) is 30.4 Å². The summed E-state index contributed by atoms with van der Waals surface area (Å²) in [6, 6.07) is 4.76. The normalized spacial score (nSPS) is 14.5. The predicted molar refractivity (Wildman–Crippen MR) is 67.3 cm³/mol. The van der Waals surface area contributed by atoms with Crippen LogP contribution >= 0.6 is 0 Å². The molecule has 0 bridgehead atoms. The minimum atomic E-state index is -0.297. The van der Waals surface area contributed by atoms with E-state index in [0.29, 0.717) is 23.4 Å². The Morgan fingerprint density at radius 3 is 2.56 bits per heavy atom. The number of carbonyl (C=O) groups is 2. The highest BCUT2D eigenvalue weighted by Crippen LogP contribution is 2.24. The van der Waals surface area contributed by atoms with Crippen molar-refractivity contribution >= 4 is 17.5 Å². The molecule has 0 unspecified atom stereocenters. The number of hydrogen-bond acceptors (Lipinski definition) is 4. The van der Waals surface area contributed by atoms with Crippen LogP contribution in [0.3, 0.4) is 0 Å². The van der Waals surface area contributed by atoms with Crippen LogP contribution in [-0.4, -0.2) is 36.0 Å². The van der Waals surface area contributed by atoms with Crippen molar-refractivity contribution in [3.8, 4) is 0 Å². The Morgan fingerprint density at radius 1 is 1.22 bits per heavy atom. The second-order valence-corrected chi connectivity index (χ2v) is 4.49. The van der Waals surface area contributed by atoms with E-state index in [1.807, 2.05) is 13.8 Å². The monoisotopic (exact) mass is 248 g/mol. The van der Waals surface area contributed by atoms with Crippen LogP contribution < -0.4 is 5.73 Å². The van der Waals surface area contributed by atoms with E-state index in [1.54, 1.807) is 18.2 Å². The van der Waals surface area contributed by atoms with Crippen molar-refractivity contribution in [2.75, 3.05) is 18.9 Å². The van der Waals surface area contributed by atoms with Gasteiger partial charge in [0, 0.05) is 5.69 Å². The Kier molecular flexibility index (Phi) is 3.34. The number of rotatable bonds is 4. The van der Waals surface area contributed by atoms with Gasteiger partial charge in [-0.25, -0.2) is 0 Å². The van der Waals surface area contributed by atoms with Crippen LogP contribution in [0, 0.1) is 0 Å². The van der Waals surface area contributed by atoms with Gasteiger partial charge in [-0.3, -0.25) is 14.5 Å². The van der Waals surface area contributed by atoms with E-state index in [1.165, 1.54) is 4.90 Å². The molecule has 0 spiro atoms. The number of benzene rings is 1. The molecule has 2 rings (SSSR count). The first-order valence-electron chi connectivity index (χ1n) is 5.88. The number of ether oxygens (including phenoxy) is 1. The van der Waals surface area contributed by atoms with Crippen LogP contribution in [0.25, 0.3) is 0 Å². The quantitative estimate of drug-likeness (QED) is 0.643. The zero-order valence-electron chi connectivity index (χ0n) is 10.5. The molecule has 96 valence electrons. The summed E-state index contributed by atoms with van der Waals surface area (Å²) >= 11 is 0. The second-order valence-electron chi connectivity index (χ2n) is 4.49. The molecule has 0 radical (unpaired) electrons. The molecule has 1 aromatic rings. The van der Waals surface area contributed by atoms with Gasteiger partial charge < -0.3 is 10.5 Å². The number of nitrogens with zero attached hydrogens (tertiary/aromatic N) is 1. The molecule has 2 N–H and O–H groups in total. The summed E-state index contributed by atoms with van der Waals surface area (Å²) in [5, 5.41) is 0. The Hall–Kier alpha value is -1.88. The van der Waals surface area contributed by atoms with Gasteiger partial charge in [-0.05, 0) is 32.0 Å². The summed E-state index contributed by atoms with van der Waals surface area (Å²) in [6.45, 7) is 4.43. The lowest BCUT2D eigenvalue weighted by Gasteiger charge is -2.14. The van der Waals surface area contributed by atoms with Crippen molar-refractivity contribution in [2.24, 2.45) is 0 Å². The number of imide groups is 1. The Balaban J connectivity index is 2.13. The molecule has 5 heteroatoms. The first-order chi connectivity index (χ1) is 8.50. The number of nitrogen functional groups attached to an aromatic ring is 1. The van der Waals surface area contributed by atoms with Crippen LogP contribution in [-0.2, 0) is 4.74 Å². The molecule has 18 heavy (non-hydrogen) atoms. The van der Waals surface area contributed by atoms with E-state index in [-0.39, 0.29) is 24.5 Å². The van der Waals surface area contributed by atoms with E-state index < -0.39 is 0 Å². The number of carbonyl (C=O) groups excluding carboxylic acids is 2. The Bertz CT molecular complexity index is 497. The van der Waals surface area contributed by atoms with Gasteiger partial charge in [0.1, 0.15) is 0 Å². The third kappa shape index (κ3) is 2.22. The lowest BCUT2D eigenvalue weighted by molar-refractivity contribution is 0.0448. The summed E-state index contributed by atoms with van der Waals surface area (Å²) in [5.74, 6) is -0.572. The van der Waals surface area contributed by atoms with E-state index in [9.17, 15) is 9.59 Å². The molecule has 0 saturated carbocycles. The molecule has 1 aliphatic heterocycles. The number of fused-ring (bicyclic) bond motifs is 1. The maximum atomic E-state index is 12.0. The van der Waals surface area contributed by atoms with Crippen molar-refractivity contribution in [1.82, 2.24) is 4.90 Å². The lowest BCUT2D eigenvalue weighted by atomic mass is 10.1. The van der Waals surface area contributed by atoms with E-state index in [4.69, 9.17) is 10.5 Å². The van der Waals surface area contributed by atoms with Gasteiger partial charge in [-0.2, -0.15) is 0 Å². The first-order valence-corrected chi connectivity index (χ1v) is 5.88. The van der Waals surface area contributed by atoms with Gasteiger partial charge in [0.2, 0.25) is 0 Å². The standard InChI is InChI=1S/C13H16N2O3/c1-8(2)18-6-5-15-12(16)10-4-3-9(14)7-11(10)13(15)17/h3-4,7-8H,5-6,14H2,1-2H3. The zero-order chi connectivity index (χ0) is 13.3. The summed E-state index contributed by atoms with van der Waals surface area (Å²) in [6.07, 6.45) is 0.0795. The van der Waals surface area contributed by atoms with Crippen LogP contribution in [0.2, 0.25) is 0 Å². The number of amides is 2. The summed E-state index contributed by atoms with van der Waals surface area (Å²) in [7, 11) is 0. The molecule has 0 fully saturated rings. The summed E-state index contributed by atoms with van der Waals surface area (Å²) in [5.41, 5.74) is 6.89. The first kappa shape index (κ1) is 12.6. The molecular formula is C13H16N2O3. The average Bonchev–Trinajstić information content (AvgIpc) is 2.53. The van der Waals surface area contributed by atoms with E-state index >= 15 is 0 Å². The SMILES string of the molecule is CC(C)OCCN1C(=O)c2ccc(N)cc2C1=O. The zero-order valence-corrected chi connectivity index (χ0v) is 10.5. The maximum absolute atomic E-state index is 12.0. The highest BCUT2D eigenvalue weighted by Gasteiger charge is 2.35. The van der Waals surface area contributed by atoms with Gasteiger partial charge in [0.15, 0.2) is 0 Å².